The van der Waals surface area contributed by atoms with E-state index in [4.69, 9.17) is 60.6 Å². The van der Waals surface area contributed by atoms with Crippen molar-refractivity contribution in [3.05, 3.63) is 115 Å². The third kappa shape index (κ3) is 4.69. The minimum Gasteiger partial charge on any atom is -0.440 e. The van der Waals surface area contributed by atoms with Crippen LogP contribution in [-0.4, -0.2) is 17.9 Å². The second kappa shape index (κ2) is 10.5. The van der Waals surface area contributed by atoms with Gasteiger partial charge in [0.15, 0.2) is 5.60 Å². The quantitative estimate of drug-likeness (QED) is 0.0959. The zero-order chi connectivity index (χ0) is 27.9. The van der Waals surface area contributed by atoms with Gasteiger partial charge in [-0.1, -0.05) is 83.8 Å². The first-order chi connectivity index (χ1) is 17.9. The number of benzene rings is 3. The van der Waals surface area contributed by atoms with Crippen LogP contribution in [0, 0.1) is 0 Å². The average Bonchev–Trinajstić information content (AvgIpc) is 3.20. The number of ether oxygens (including phenoxy) is 3. The predicted octanol–water partition coefficient (Wildman–Crippen LogP) is 7.73. The Labute approximate surface area is 238 Å². The van der Waals surface area contributed by atoms with Crippen molar-refractivity contribution in [3.63, 3.8) is 0 Å². The third-order valence-corrected chi connectivity index (χ3v) is 7.51. The lowest BCUT2D eigenvalue weighted by molar-refractivity contribution is -0.130. The van der Waals surface area contributed by atoms with Crippen LogP contribution in [0.15, 0.2) is 72.8 Å². The van der Waals surface area contributed by atoms with Crippen LogP contribution < -0.4 is 9.47 Å². The molecule has 0 saturated carbocycles. The molecule has 0 amide bonds. The molecule has 0 unspecified atom stereocenters. The van der Waals surface area contributed by atoms with Crippen LogP contribution in [0.3, 0.4) is 0 Å². The van der Waals surface area contributed by atoms with Gasteiger partial charge in [0.1, 0.15) is 11.5 Å². The predicted molar refractivity (Wildman–Crippen MR) is 146 cm³/mol. The second-order valence-electron chi connectivity index (χ2n) is 8.47. The molecule has 1 heterocycles. The Morgan fingerprint density at radius 1 is 0.711 bits per heavy atom. The Morgan fingerprint density at radius 2 is 1.11 bits per heavy atom. The van der Waals surface area contributed by atoms with Crippen molar-refractivity contribution in [3.8, 4) is 11.5 Å². The van der Waals surface area contributed by atoms with Gasteiger partial charge >= 0.3 is 17.9 Å². The van der Waals surface area contributed by atoms with Gasteiger partial charge in [-0.15, -0.1) is 0 Å². The highest BCUT2D eigenvalue weighted by Gasteiger charge is 2.52. The van der Waals surface area contributed by atoms with E-state index in [-0.39, 0.29) is 53.9 Å². The molecule has 1 aliphatic heterocycles. The minimum atomic E-state index is -1.63. The van der Waals surface area contributed by atoms with Crippen molar-refractivity contribution in [2.24, 2.45) is 0 Å². The molecule has 10 heteroatoms. The first-order valence-electron chi connectivity index (χ1n) is 10.9. The van der Waals surface area contributed by atoms with Crippen molar-refractivity contribution in [2.75, 3.05) is 0 Å². The molecule has 194 valence electrons. The SMILES string of the molecule is C=C(C)C(=O)Oc1ccc(C2(c3ccc(OC(=O)C(=C)C)cc3)OC(=O)c3c(Cl)c(Cl)c(Cl)c(Cl)c32)cc1. The summed E-state index contributed by atoms with van der Waals surface area (Å²) in [5.74, 6) is -1.49. The van der Waals surface area contributed by atoms with Gasteiger partial charge in [-0.05, 0) is 38.1 Å². The molecular formula is C28H18Cl4O6. The standard InChI is InChI=1S/C28H18Cl4O6/c1-13(2)25(33)36-17-9-5-15(6-10-17)28(16-7-11-18(12-8-16)37-26(34)14(3)4)20-19(27(35)38-28)21(29)23(31)24(32)22(20)30/h5-12H,1,3H2,2,4H3. The molecule has 0 aromatic heterocycles. The maximum atomic E-state index is 13.2. The Balaban J connectivity index is 1.92. The number of fused-ring (bicyclic) bond motifs is 1. The number of carbonyl (C=O) groups excluding carboxylic acids is 3. The molecule has 38 heavy (non-hydrogen) atoms. The van der Waals surface area contributed by atoms with Crippen molar-refractivity contribution in [1.29, 1.82) is 0 Å². The lowest BCUT2D eigenvalue weighted by atomic mass is 9.79. The molecule has 0 atom stereocenters. The van der Waals surface area contributed by atoms with E-state index in [1.54, 1.807) is 24.3 Å². The molecule has 1 aliphatic rings. The highest BCUT2D eigenvalue weighted by atomic mass is 35.5. The van der Waals surface area contributed by atoms with Crippen LogP contribution in [-0.2, 0) is 19.9 Å². The number of hydrogen-bond donors (Lipinski definition) is 0. The van der Waals surface area contributed by atoms with Gasteiger partial charge in [-0.3, -0.25) is 0 Å². The molecule has 0 spiro atoms. The summed E-state index contributed by atoms with van der Waals surface area (Å²) in [6.45, 7) is 10.2. The van der Waals surface area contributed by atoms with E-state index in [1.807, 2.05) is 0 Å². The monoisotopic (exact) mass is 590 g/mol. The zero-order valence-electron chi connectivity index (χ0n) is 20.0. The Bertz CT molecular complexity index is 1450. The largest absolute Gasteiger partial charge is 0.440 e. The van der Waals surface area contributed by atoms with Crippen LogP contribution in [0.5, 0.6) is 11.5 Å². The fourth-order valence-electron chi connectivity index (χ4n) is 3.87. The summed E-state index contributed by atoms with van der Waals surface area (Å²) < 4.78 is 16.6. The molecule has 0 radical (unpaired) electrons. The molecule has 0 bridgehead atoms. The Kier molecular flexibility index (Phi) is 7.64. The van der Waals surface area contributed by atoms with E-state index < -0.39 is 23.5 Å². The van der Waals surface area contributed by atoms with E-state index in [0.717, 1.165) is 0 Å². The number of cyclic esters (lactones) is 1. The van der Waals surface area contributed by atoms with E-state index in [0.29, 0.717) is 11.1 Å². The van der Waals surface area contributed by atoms with Gasteiger partial charge < -0.3 is 14.2 Å². The first-order valence-corrected chi connectivity index (χ1v) is 12.5. The van der Waals surface area contributed by atoms with Crippen LogP contribution in [0.1, 0.15) is 40.9 Å². The van der Waals surface area contributed by atoms with E-state index >= 15 is 0 Å². The summed E-state index contributed by atoms with van der Waals surface area (Å²) in [5.41, 5.74) is -0.168. The minimum absolute atomic E-state index is 0.0301. The maximum Gasteiger partial charge on any atom is 0.341 e. The van der Waals surface area contributed by atoms with E-state index in [2.05, 4.69) is 13.2 Å². The van der Waals surface area contributed by atoms with Crippen LogP contribution in [0.25, 0.3) is 0 Å². The van der Waals surface area contributed by atoms with Crippen molar-refractivity contribution < 1.29 is 28.6 Å². The third-order valence-electron chi connectivity index (χ3n) is 5.71. The summed E-state index contributed by atoms with van der Waals surface area (Å²) in [5, 5.41) is -0.285. The molecular weight excluding hydrogens is 574 g/mol. The molecule has 3 aromatic carbocycles. The van der Waals surface area contributed by atoms with Crippen molar-refractivity contribution in [2.45, 2.75) is 19.4 Å². The second-order valence-corrected chi connectivity index (χ2v) is 9.98. The summed E-state index contributed by atoms with van der Waals surface area (Å²) in [4.78, 5) is 37.1. The molecule has 0 saturated heterocycles. The van der Waals surface area contributed by atoms with Crippen molar-refractivity contribution >= 4 is 64.3 Å². The summed E-state index contributed by atoms with van der Waals surface area (Å²) in [6, 6.07) is 12.5. The summed E-state index contributed by atoms with van der Waals surface area (Å²) >= 11 is 25.7. The fraction of sp³-hybridized carbons (Fsp3) is 0.107. The Hall–Kier alpha value is -3.29. The molecule has 3 aromatic rings. The van der Waals surface area contributed by atoms with Gasteiger partial charge in [-0.2, -0.15) is 0 Å². The molecule has 0 aliphatic carbocycles. The maximum absolute atomic E-state index is 13.2. The van der Waals surface area contributed by atoms with Crippen LogP contribution in [0.2, 0.25) is 20.1 Å². The number of rotatable bonds is 6. The van der Waals surface area contributed by atoms with Gasteiger partial charge in [0.05, 0.1) is 25.7 Å². The van der Waals surface area contributed by atoms with Crippen molar-refractivity contribution in [1.82, 2.24) is 0 Å². The lowest BCUT2D eigenvalue weighted by Gasteiger charge is -2.31. The zero-order valence-corrected chi connectivity index (χ0v) is 23.0. The first kappa shape index (κ1) is 27.7. The summed E-state index contributed by atoms with van der Waals surface area (Å²) in [6.07, 6.45) is 0. The van der Waals surface area contributed by atoms with Gasteiger partial charge in [-0.25, -0.2) is 14.4 Å². The van der Waals surface area contributed by atoms with Crippen LogP contribution >= 0.6 is 46.4 Å². The molecule has 6 nitrogen and oxygen atoms in total. The number of carbonyl (C=O) groups is 3. The topological polar surface area (TPSA) is 78.9 Å². The normalized spacial score (nSPS) is 13.4. The number of halogens is 4. The highest BCUT2D eigenvalue weighted by Crippen LogP contribution is 2.55. The van der Waals surface area contributed by atoms with Gasteiger partial charge in [0.2, 0.25) is 0 Å². The average molecular weight is 592 g/mol. The smallest absolute Gasteiger partial charge is 0.341 e. The molecule has 0 fully saturated rings. The number of esters is 3. The highest BCUT2D eigenvalue weighted by molar-refractivity contribution is 6.53. The Morgan fingerprint density at radius 3 is 1.50 bits per heavy atom. The molecule has 0 N–H and O–H groups in total. The number of hydrogen-bond acceptors (Lipinski definition) is 6. The van der Waals surface area contributed by atoms with Gasteiger partial charge in [0.25, 0.3) is 0 Å². The lowest BCUT2D eigenvalue weighted by Crippen LogP contribution is -2.30. The van der Waals surface area contributed by atoms with Crippen LogP contribution in [0.4, 0.5) is 0 Å². The fourth-order valence-corrected chi connectivity index (χ4v) is 4.93. The van der Waals surface area contributed by atoms with Gasteiger partial charge in [0, 0.05) is 27.8 Å². The molecule has 4 rings (SSSR count). The van der Waals surface area contributed by atoms with E-state index in [1.165, 1.54) is 38.1 Å². The van der Waals surface area contributed by atoms with E-state index in [9.17, 15) is 14.4 Å². The summed E-state index contributed by atoms with van der Waals surface area (Å²) in [7, 11) is 0.